The quantitative estimate of drug-likeness (QED) is 0.643. The molecule has 0 aliphatic carbocycles. The number of para-hydroxylation sites is 1. The number of benzene rings is 2. The zero-order valence-electron chi connectivity index (χ0n) is 16.1. The van der Waals surface area contributed by atoms with Gasteiger partial charge >= 0.3 is 11.8 Å². The van der Waals surface area contributed by atoms with Crippen LogP contribution in [0, 0.1) is 0 Å². The van der Waals surface area contributed by atoms with Crippen LogP contribution in [0.25, 0.3) is 11.4 Å². The molecular formula is C21H23N3O4. The molecule has 2 aromatic carbocycles. The minimum absolute atomic E-state index is 0.0717. The largest absolute Gasteiger partial charge is 0.496 e. The van der Waals surface area contributed by atoms with E-state index in [0.717, 1.165) is 22.6 Å². The van der Waals surface area contributed by atoms with Gasteiger partial charge in [-0.3, -0.25) is 4.79 Å². The fourth-order valence-electron chi connectivity index (χ4n) is 2.68. The molecule has 0 saturated carbocycles. The van der Waals surface area contributed by atoms with E-state index in [1.807, 2.05) is 62.4 Å². The van der Waals surface area contributed by atoms with E-state index in [2.05, 4.69) is 15.5 Å². The number of nitrogens with one attached hydrogen (secondary N) is 1. The van der Waals surface area contributed by atoms with E-state index in [1.54, 1.807) is 7.11 Å². The standard InChI is InChI=1S/C21H23N3O4/c1-14(2)27-17-10-8-16(9-11-17)19-23-21(28-24-19)20(25)22-13-12-15-6-4-5-7-18(15)26-3/h4-11,14H,12-13H2,1-3H3,(H,22,25). The van der Waals surface area contributed by atoms with Gasteiger partial charge in [-0.25, -0.2) is 0 Å². The van der Waals surface area contributed by atoms with Crippen LogP contribution in [-0.2, 0) is 6.42 Å². The van der Waals surface area contributed by atoms with Gasteiger partial charge in [0.05, 0.1) is 13.2 Å². The molecule has 0 radical (unpaired) electrons. The average Bonchev–Trinajstić information content (AvgIpc) is 3.19. The Labute approximate surface area is 163 Å². The first kappa shape index (κ1) is 19.4. The first-order valence-electron chi connectivity index (χ1n) is 9.07. The van der Waals surface area contributed by atoms with E-state index in [4.69, 9.17) is 14.0 Å². The van der Waals surface area contributed by atoms with Gasteiger partial charge in [0.15, 0.2) is 0 Å². The first-order chi connectivity index (χ1) is 13.6. The number of amides is 1. The normalized spacial score (nSPS) is 10.7. The Morgan fingerprint density at radius 2 is 1.89 bits per heavy atom. The number of hydrogen-bond acceptors (Lipinski definition) is 6. The zero-order chi connectivity index (χ0) is 19.9. The molecule has 0 spiro atoms. The van der Waals surface area contributed by atoms with Crippen LogP contribution in [0.1, 0.15) is 30.1 Å². The summed E-state index contributed by atoms with van der Waals surface area (Å²) >= 11 is 0. The van der Waals surface area contributed by atoms with Gasteiger partial charge in [0.25, 0.3) is 0 Å². The van der Waals surface area contributed by atoms with Gasteiger partial charge < -0.3 is 19.3 Å². The molecule has 0 aliphatic rings. The summed E-state index contributed by atoms with van der Waals surface area (Å²) in [5.41, 5.74) is 1.76. The van der Waals surface area contributed by atoms with Crippen LogP contribution >= 0.6 is 0 Å². The molecule has 0 atom stereocenters. The van der Waals surface area contributed by atoms with Gasteiger partial charge in [-0.15, -0.1) is 0 Å². The third-order valence-corrected chi connectivity index (χ3v) is 3.98. The van der Waals surface area contributed by atoms with Crippen molar-refractivity contribution in [1.29, 1.82) is 0 Å². The lowest BCUT2D eigenvalue weighted by Gasteiger charge is -2.09. The van der Waals surface area contributed by atoms with E-state index in [0.29, 0.717) is 18.8 Å². The highest BCUT2D eigenvalue weighted by Crippen LogP contribution is 2.21. The highest BCUT2D eigenvalue weighted by molar-refractivity contribution is 5.89. The highest BCUT2D eigenvalue weighted by Gasteiger charge is 2.16. The molecule has 0 aliphatic heterocycles. The molecule has 0 unspecified atom stereocenters. The summed E-state index contributed by atoms with van der Waals surface area (Å²) in [6, 6.07) is 15.0. The van der Waals surface area contributed by atoms with Gasteiger partial charge in [-0.2, -0.15) is 4.98 Å². The number of rotatable bonds is 8. The van der Waals surface area contributed by atoms with Gasteiger partial charge in [0, 0.05) is 12.1 Å². The summed E-state index contributed by atoms with van der Waals surface area (Å²) in [6.45, 7) is 4.36. The van der Waals surface area contributed by atoms with Gasteiger partial charge in [0.1, 0.15) is 11.5 Å². The Balaban J connectivity index is 1.58. The van der Waals surface area contributed by atoms with Crippen LogP contribution < -0.4 is 14.8 Å². The van der Waals surface area contributed by atoms with Crippen LogP contribution in [-0.4, -0.2) is 35.8 Å². The van der Waals surface area contributed by atoms with Gasteiger partial charge in [0.2, 0.25) is 5.82 Å². The van der Waals surface area contributed by atoms with Crippen molar-refractivity contribution in [3.8, 4) is 22.9 Å². The molecular weight excluding hydrogens is 358 g/mol. The maximum atomic E-state index is 12.3. The van der Waals surface area contributed by atoms with Crippen molar-refractivity contribution in [2.45, 2.75) is 26.4 Å². The van der Waals surface area contributed by atoms with Crippen molar-refractivity contribution in [2.75, 3.05) is 13.7 Å². The number of ether oxygens (including phenoxy) is 2. The number of aromatic nitrogens is 2. The molecule has 1 heterocycles. The van der Waals surface area contributed by atoms with Crippen LogP contribution in [0.15, 0.2) is 53.1 Å². The molecule has 0 fully saturated rings. The van der Waals surface area contributed by atoms with E-state index < -0.39 is 5.91 Å². The molecule has 1 N–H and O–H groups in total. The van der Waals surface area contributed by atoms with Crippen molar-refractivity contribution < 1.29 is 18.8 Å². The zero-order valence-corrected chi connectivity index (χ0v) is 16.1. The van der Waals surface area contributed by atoms with E-state index in [9.17, 15) is 4.79 Å². The smallest absolute Gasteiger partial charge is 0.316 e. The third-order valence-electron chi connectivity index (χ3n) is 3.98. The van der Waals surface area contributed by atoms with Crippen LogP contribution in [0.2, 0.25) is 0 Å². The highest BCUT2D eigenvalue weighted by atomic mass is 16.5. The van der Waals surface area contributed by atoms with E-state index in [-0.39, 0.29) is 12.0 Å². The van der Waals surface area contributed by atoms with E-state index in [1.165, 1.54) is 0 Å². The van der Waals surface area contributed by atoms with Crippen LogP contribution in [0.4, 0.5) is 0 Å². The minimum Gasteiger partial charge on any atom is -0.496 e. The maximum Gasteiger partial charge on any atom is 0.316 e. The summed E-state index contributed by atoms with van der Waals surface area (Å²) in [6.07, 6.45) is 0.732. The lowest BCUT2D eigenvalue weighted by atomic mass is 10.1. The average molecular weight is 381 g/mol. The molecule has 7 nitrogen and oxygen atoms in total. The van der Waals surface area contributed by atoms with Gasteiger partial charge in [-0.05, 0) is 56.2 Å². The summed E-state index contributed by atoms with van der Waals surface area (Å²) < 4.78 is 16.0. The summed E-state index contributed by atoms with van der Waals surface area (Å²) in [5, 5.41) is 6.67. The summed E-state index contributed by atoms with van der Waals surface area (Å²) in [5.74, 6) is 1.43. The Morgan fingerprint density at radius 1 is 1.14 bits per heavy atom. The molecule has 0 bridgehead atoms. The topological polar surface area (TPSA) is 86.5 Å². The molecule has 1 amide bonds. The second kappa shape index (κ2) is 9.03. The monoisotopic (exact) mass is 381 g/mol. The summed E-state index contributed by atoms with van der Waals surface area (Å²) in [4.78, 5) is 16.4. The van der Waals surface area contributed by atoms with Gasteiger partial charge in [-0.1, -0.05) is 23.4 Å². The number of methoxy groups -OCH3 is 1. The van der Waals surface area contributed by atoms with Crippen molar-refractivity contribution in [2.24, 2.45) is 0 Å². The number of nitrogens with zero attached hydrogens (tertiary/aromatic N) is 2. The maximum absolute atomic E-state index is 12.3. The lowest BCUT2D eigenvalue weighted by molar-refractivity contribution is 0.0910. The van der Waals surface area contributed by atoms with Crippen molar-refractivity contribution in [1.82, 2.24) is 15.5 Å². The molecule has 1 aromatic heterocycles. The Hall–Kier alpha value is -3.35. The van der Waals surface area contributed by atoms with Crippen molar-refractivity contribution in [3.05, 3.63) is 60.0 Å². The fourth-order valence-corrected chi connectivity index (χ4v) is 2.68. The molecule has 0 saturated heterocycles. The number of carbonyl (C=O) groups is 1. The van der Waals surface area contributed by atoms with Crippen molar-refractivity contribution in [3.63, 3.8) is 0 Å². The molecule has 28 heavy (non-hydrogen) atoms. The van der Waals surface area contributed by atoms with E-state index >= 15 is 0 Å². The minimum atomic E-state index is -0.409. The second-order valence-electron chi connectivity index (χ2n) is 6.43. The Morgan fingerprint density at radius 3 is 2.61 bits per heavy atom. The second-order valence-corrected chi connectivity index (χ2v) is 6.43. The van der Waals surface area contributed by atoms with Crippen LogP contribution in [0.5, 0.6) is 11.5 Å². The lowest BCUT2D eigenvalue weighted by Crippen LogP contribution is -2.26. The van der Waals surface area contributed by atoms with Crippen LogP contribution in [0.3, 0.4) is 0 Å². The molecule has 7 heteroatoms. The summed E-state index contributed by atoms with van der Waals surface area (Å²) in [7, 11) is 1.62. The third kappa shape index (κ3) is 4.88. The Bertz CT molecular complexity index is 919. The molecule has 146 valence electrons. The number of hydrogen-bond donors (Lipinski definition) is 1. The molecule has 3 aromatic rings. The van der Waals surface area contributed by atoms with Crippen molar-refractivity contribution >= 4 is 5.91 Å². The predicted molar refractivity (Wildman–Crippen MR) is 105 cm³/mol. The fraction of sp³-hybridized carbons (Fsp3) is 0.286. The first-order valence-corrected chi connectivity index (χ1v) is 9.07. The molecule has 3 rings (SSSR count). The number of carbonyl (C=O) groups excluding carboxylic acids is 1. The Kier molecular flexibility index (Phi) is 6.26. The SMILES string of the molecule is COc1ccccc1CCNC(=O)c1nc(-c2ccc(OC(C)C)cc2)no1. The predicted octanol–water partition coefficient (Wildman–Crippen LogP) is 3.50.